The van der Waals surface area contributed by atoms with Crippen LogP contribution in [0, 0.1) is 12.8 Å². The predicted molar refractivity (Wildman–Crippen MR) is 114 cm³/mol. The Labute approximate surface area is 168 Å². The molecule has 1 saturated heterocycles. The fourth-order valence-electron chi connectivity index (χ4n) is 3.88. The fraction of sp³-hybridized carbons (Fsp3) is 0.409. The quantitative estimate of drug-likeness (QED) is 0.669. The molecule has 4 rings (SSSR count). The van der Waals surface area contributed by atoms with Gasteiger partial charge in [-0.15, -0.1) is 11.3 Å². The van der Waals surface area contributed by atoms with Crippen LogP contribution in [0.1, 0.15) is 31.1 Å². The van der Waals surface area contributed by atoms with E-state index < -0.39 is 0 Å². The van der Waals surface area contributed by atoms with Crippen molar-refractivity contribution in [2.45, 2.75) is 39.7 Å². The lowest BCUT2D eigenvalue weighted by Gasteiger charge is -2.30. The average molecular weight is 396 g/mol. The highest BCUT2D eigenvalue weighted by molar-refractivity contribution is 7.19. The Morgan fingerprint density at radius 2 is 1.93 bits per heavy atom. The number of likely N-dealkylation sites (tertiary alicyclic amines) is 1. The maximum Gasteiger partial charge on any atom is 0.262 e. The Morgan fingerprint density at radius 3 is 2.64 bits per heavy atom. The molecule has 3 heterocycles. The van der Waals surface area contributed by atoms with Gasteiger partial charge in [0.1, 0.15) is 4.83 Å². The maximum absolute atomic E-state index is 13.2. The smallest absolute Gasteiger partial charge is 0.262 e. The van der Waals surface area contributed by atoms with Crippen molar-refractivity contribution >= 4 is 27.5 Å². The van der Waals surface area contributed by atoms with Crippen molar-refractivity contribution in [1.29, 1.82) is 0 Å². The highest BCUT2D eigenvalue weighted by Crippen LogP contribution is 2.35. The van der Waals surface area contributed by atoms with E-state index in [2.05, 4.69) is 11.9 Å². The molecule has 1 aromatic carbocycles. The molecule has 1 aliphatic rings. The summed E-state index contributed by atoms with van der Waals surface area (Å²) in [5, 5.41) is 0.662. The van der Waals surface area contributed by atoms with Crippen molar-refractivity contribution in [3.05, 3.63) is 51.9 Å². The van der Waals surface area contributed by atoms with E-state index >= 15 is 0 Å². The first kappa shape index (κ1) is 18.9. The van der Waals surface area contributed by atoms with Gasteiger partial charge in [-0.3, -0.25) is 14.2 Å². The number of hydrogen-bond donors (Lipinski definition) is 0. The van der Waals surface area contributed by atoms with Gasteiger partial charge in [-0.25, -0.2) is 4.98 Å². The summed E-state index contributed by atoms with van der Waals surface area (Å²) in [5.41, 5.74) is 1.93. The number of benzene rings is 1. The van der Waals surface area contributed by atoms with Crippen molar-refractivity contribution in [3.63, 3.8) is 0 Å². The van der Waals surface area contributed by atoms with Crippen molar-refractivity contribution in [3.8, 4) is 11.1 Å². The molecule has 0 spiro atoms. The topological polar surface area (TPSA) is 55.2 Å². The molecule has 1 fully saturated rings. The molecule has 0 unspecified atom stereocenters. The third-order valence-electron chi connectivity index (χ3n) is 5.62. The van der Waals surface area contributed by atoms with E-state index in [1.165, 1.54) is 0 Å². The van der Waals surface area contributed by atoms with Gasteiger partial charge in [0.2, 0.25) is 5.91 Å². The minimum absolute atomic E-state index is 0.0618. The maximum atomic E-state index is 13.2. The van der Waals surface area contributed by atoms with Crippen LogP contribution in [0.3, 0.4) is 0 Å². The Kier molecular flexibility index (Phi) is 5.31. The zero-order chi connectivity index (χ0) is 19.7. The van der Waals surface area contributed by atoms with Crippen molar-refractivity contribution in [2.75, 3.05) is 13.1 Å². The molecule has 2 aromatic heterocycles. The number of fused-ring (bicyclic) bond motifs is 1. The standard InChI is InChI=1S/C22H25N3O2S/c1-15-8-11-24(12-9-15)18(26)10-13-25-14-23-21-20(22(25)27)19(16(2)28-21)17-6-4-3-5-7-17/h3-7,14-15H,8-13H2,1-2H3. The van der Waals surface area contributed by atoms with E-state index in [-0.39, 0.29) is 11.5 Å². The Bertz CT molecular complexity index is 1050. The van der Waals surface area contributed by atoms with Gasteiger partial charge in [0.25, 0.3) is 5.56 Å². The summed E-state index contributed by atoms with van der Waals surface area (Å²) in [6, 6.07) is 9.96. The lowest BCUT2D eigenvalue weighted by molar-refractivity contribution is -0.132. The highest BCUT2D eigenvalue weighted by Gasteiger charge is 2.21. The molecule has 1 aliphatic heterocycles. The summed E-state index contributed by atoms with van der Waals surface area (Å²) in [4.78, 5) is 34.0. The molecule has 0 aliphatic carbocycles. The first-order valence-corrected chi connectivity index (χ1v) is 10.7. The second-order valence-corrected chi connectivity index (χ2v) is 8.84. The van der Waals surface area contributed by atoms with Gasteiger partial charge in [0, 0.05) is 36.5 Å². The first-order chi connectivity index (χ1) is 13.5. The van der Waals surface area contributed by atoms with Crippen molar-refractivity contribution in [2.24, 2.45) is 5.92 Å². The fourth-order valence-corrected chi connectivity index (χ4v) is 4.88. The molecule has 0 N–H and O–H groups in total. The second-order valence-electron chi connectivity index (χ2n) is 7.64. The van der Waals surface area contributed by atoms with Gasteiger partial charge in [0.05, 0.1) is 11.7 Å². The molecule has 146 valence electrons. The summed E-state index contributed by atoms with van der Waals surface area (Å²) in [6.07, 6.45) is 4.05. The zero-order valence-corrected chi connectivity index (χ0v) is 17.2. The third kappa shape index (κ3) is 3.61. The van der Waals surface area contributed by atoms with Crippen LogP contribution in [-0.2, 0) is 11.3 Å². The Morgan fingerprint density at radius 1 is 1.21 bits per heavy atom. The normalized spacial score (nSPS) is 15.3. The van der Waals surface area contributed by atoms with Crippen LogP contribution < -0.4 is 5.56 Å². The number of amides is 1. The van der Waals surface area contributed by atoms with Crippen molar-refractivity contribution in [1.82, 2.24) is 14.5 Å². The SMILES string of the molecule is Cc1sc2ncn(CCC(=O)N3CCC(C)CC3)c(=O)c2c1-c1ccccc1. The van der Waals surface area contributed by atoms with E-state index in [0.29, 0.717) is 24.3 Å². The van der Waals surface area contributed by atoms with E-state index in [1.807, 2.05) is 42.2 Å². The molecule has 0 saturated carbocycles. The van der Waals surface area contributed by atoms with Crippen LogP contribution in [0.4, 0.5) is 0 Å². The second kappa shape index (κ2) is 7.87. The number of aryl methyl sites for hydroxylation is 2. The summed E-state index contributed by atoms with van der Waals surface area (Å²) >= 11 is 1.54. The largest absolute Gasteiger partial charge is 0.343 e. The lowest BCUT2D eigenvalue weighted by atomic mass is 9.99. The van der Waals surface area contributed by atoms with Gasteiger partial charge < -0.3 is 4.90 Å². The van der Waals surface area contributed by atoms with E-state index in [0.717, 1.165) is 46.8 Å². The Balaban J connectivity index is 1.60. The molecule has 28 heavy (non-hydrogen) atoms. The van der Waals surface area contributed by atoms with E-state index in [9.17, 15) is 9.59 Å². The van der Waals surface area contributed by atoms with Crippen LogP contribution in [0.2, 0.25) is 0 Å². The van der Waals surface area contributed by atoms with Gasteiger partial charge in [-0.1, -0.05) is 37.3 Å². The highest BCUT2D eigenvalue weighted by atomic mass is 32.1. The van der Waals surface area contributed by atoms with E-state index in [4.69, 9.17) is 0 Å². The van der Waals surface area contributed by atoms with Gasteiger partial charge in [-0.05, 0) is 31.2 Å². The number of rotatable bonds is 4. The summed E-state index contributed by atoms with van der Waals surface area (Å²) in [6.45, 7) is 6.28. The molecule has 0 radical (unpaired) electrons. The molecule has 5 nitrogen and oxygen atoms in total. The lowest BCUT2D eigenvalue weighted by Crippen LogP contribution is -2.38. The van der Waals surface area contributed by atoms with Crippen LogP contribution >= 0.6 is 11.3 Å². The summed E-state index contributed by atoms with van der Waals surface area (Å²) < 4.78 is 1.59. The first-order valence-electron chi connectivity index (χ1n) is 9.86. The number of aromatic nitrogens is 2. The van der Waals surface area contributed by atoms with Crippen LogP contribution in [-0.4, -0.2) is 33.4 Å². The van der Waals surface area contributed by atoms with Gasteiger partial charge in [0.15, 0.2) is 0 Å². The summed E-state index contributed by atoms with van der Waals surface area (Å²) in [7, 11) is 0. The van der Waals surface area contributed by atoms with Crippen LogP contribution in [0.15, 0.2) is 41.5 Å². The average Bonchev–Trinajstić information content (AvgIpc) is 3.05. The van der Waals surface area contributed by atoms with Crippen molar-refractivity contribution < 1.29 is 4.79 Å². The molecule has 0 atom stereocenters. The molecular formula is C22H25N3O2S. The minimum Gasteiger partial charge on any atom is -0.343 e. The number of hydrogen-bond acceptors (Lipinski definition) is 4. The number of thiophene rings is 1. The van der Waals surface area contributed by atoms with E-state index in [1.54, 1.807) is 22.2 Å². The Hall–Kier alpha value is -2.47. The van der Waals surface area contributed by atoms with Gasteiger partial charge in [-0.2, -0.15) is 0 Å². The zero-order valence-electron chi connectivity index (χ0n) is 16.4. The molecule has 3 aromatic rings. The van der Waals surface area contributed by atoms with Gasteiger partial charge >= 0.3 is 0 Å². The molecule has 6 heteroatoms. The monoisotopic (exact) mass is 395 g/mol. The molecule has 1 amide bonds. The number of carbonyl (C=O) groups excluding carboxylic acids is 1. The predicted octanol–water partition coefficient (Wildman–Crippen LogP) is 4.08. The summed E-state index contributed by atoms with van der Waals surface area (Å²) in [5.74, 6) is 0.820. The molecule has 0 bridgehead atoms. The third-order valence-corrected chi connectivity index (χ3v) is 6.63. The number of carbonyl (C=O) groups is 1. The molecular weight excluding hydrogens is 370 g/mol. The van der Waals surface area contributed by atoms with Crippen LogP contribution in [0.5, 0.6) is 0 Å². The van der Waals surface area contributed by atoms with Crippen LogP contribution in [0.25, 0.3) is 21.3 Å². The number of piperidine rings is 1. The number of nitrogens with zero attached hydrogens (tertiary/aromatic N) is 3. The minimum atomic E-state index is -0.0618.